The first-order valence-corrected chi connectivity index (χ1v) is 11.5. The highest BCUT2D eigenvalue weighted by molar-refractivity contribution is 7.89. The molecule has 1 fully saturated rings. The van der Waals surface area contributed by atoms with Gasteiger partial charge in [0, 0.05) is 17.6 Å². The van der Waals surface area contributed by atoms with Crippen LogP contribution in [0.4, 0.5) is 13.2 Å². The summed E-state index contributed by atoms with van der Waals surface area (Å²) in [5.41, 5.74) is 1.85. The summed E-state index contributed by atoms with van der Waals surface area (Å²) in [5.74, 6) is 0. The van der Waals surface area contributed by atoms with Crippen molar-refractivity contribution in [3.63, 3.8) is 0 Å². The summed E-state index contributed by atoms with van der Waals surface area (Å²) in [5, 5.41) is 10.7. The van der Waals surface area contributed by atoms with Crippen LogP contribution < -0.4 is 4.72 Å². The summed E-state index contributed by atoms with van der Waals surface area (Å²) in [4.78, 5) is 7.90. The van der Waals surface area contributed by atoms with Crippen LogP contribution in [0.5, 0.6) is 0 Å². The molecule has 1 aliphatic rings. The number of halogens is 4. The molecule has 0 radical (unpaired) electrons. The van der Waals surface area contributed by atoms with Gasteiger partial charge < -0.3 is 4.57 Å². The number of aromatic nitrogens is 3. The number of rotatable bonds is 5. The quantitative estimate of drug-likeness (QED) is 0.535. The summed E-state index contributed by atoms with van der Waals surface area (Å²) < 4.78 is 66.5. The Morgan fingerprint density at radius 3 is 2.53 bits per heavy atom. The molecule has 4 rings (SSSR count). The number of hydrogen-bond acceptors (Lipinski definition) is 5. The molecule has 168 valence electrons. The van der Waals surface area contributed by atoms with Crippen LogP contribution in [0.3, 0.4) is 0 Å². The van der Waals surface area contributed by atoms with Crippen molar-refractivity contribution in [2.24, 2.45) is 0 Å². The first-order valence-electron chi connectivity index (χ1n) is 9.68. The number of nitriles is 1. The Morgan fingerprint density at radius 1 is 1.28 bits per heavy atom. The Balaban J connectivity index is 1.80. The zero-order chi connectivity index (χ0) is 23.3. The molecule has 0 unspecified atom stereocenters. The van der Waals surface area contributed by atoms with Gasteiger partial charge in [-0.25, -0.2) is 13.4 Å². The molecular weight excluding hydrogens is 467 g/mol. The fourth-order valence-electron chi connectivity index (χ4n) is 3.62. The third-order valence-corrected chi connectivity index (χ3v) is 7.25. The Labute approximate surface area is 186 Å². The number of nitrogens with zero attached hydrogens (tertiary/aromatic N) is 4. The van der Waals surface area contributed by atoms with E-state index in [1.54, 1.807) is 17.0 Å². The van der Waals surface area contributed by atoms with Crippen molar-refractivity contribution in [2.75, 3.05) is 0 Å². The molecule has 1 atom stereocenters. The molecule has 0 bridgehead atoms. The third kappa shape index (κ3) is 3.94. The molecule has 0 aromatic carbocycles. The highest BCUT2D eigenvalue weighted by Crippen LogP contribution is 2.42. The van der Waals surface area contributed by atoms with Gasteiger partial charge in [-0.2, -0.15) is 23.2 Å². The van der Waals surface area contributed by atoms with Gasteiger partial charge in [-0.3, -0.25) is 4.98 Å². The van der Waals surface area contributed by atoms with E-state index in [4.69, 9.17) is 11.6 Å². The molecule has 0 saturated heterocycles. The highest BCUT2D eigenvalue weighted by Gasteiger charge is 2.39. The molecule has 3 heterocycles. The fourth-order valence-corrected chi connectivity index (χ4v) is 4.95. The summed E-state index contributed by atoms with van der Waals surface area (Å²) in [6.07, 6.45) is 0.672. The van der Waals surface area contributed by atoms with E-state index in [1.807, 2.05) is 4.57 Å². The van der Waals surface area contributed by atoms with Gasteiger partial charge in [0.15, 0.2) is 0 Å². The van der Waals surface area contributed by atoms with Gasteiger partial charge in [-0.05, 0) is 44.4 Å². The molecule has 1 aliphatic carbocycles. The van der Waals surface area contributed by atoms with Crippen LogP contribution in [0.15, 0.2) is 35.5 Å². The minimum Gasteiger partial charge on any atom is -0.334 e. The number of hydrogen-bond donors (Lipinski definition) is 1. The summed E-state index contributed by atoms with van der Waals surface area (Å²) >= 11 is 6.03. The van der Waals surface area contributed by atoms with E-state index in [9.17, 15) is 26.9 Å². The topological polar surface area (TPSA) is 101 Å². The highest BCUT2D eigenvalue weighted by atomic mass is 35.5. The third-order valence-electron chi connectivity index (χ3n) is 5.52. The molecule has 1 saturated carbocycles. The van der Waals surface area contributed by atoms with Gasteiger partial charge in [0.2, 0.25) is 10.0 Å². The van der Waals surface area contributed by atoms with Crippen molar-refractivity contribution in [3.05, 3.63) is 41.3 Å². The van der Waals surface area contributed by atoms with Gasteiger partial charge >= 0.3 is 6.18 Å². The lowest BCUT2D eigenvalue weighted by Gasteiger charge is -2.29. The van der Waals surface area contributed by atoms with Crippen molar-refractivity contribution in [1.29, 1.82) is 5.26 Å². The maximum Gasteiger partial charge on any atom is 0.404 e. The molecule has 0 amide bonds. The van der Waals surface area contributed by atoms with Crippen LogP contribution in [0.2, 0.25) is 5.15 Å². The molecule has 32 heavy (non-hydrogen) atoms. The number of pyridine rings is 2. The predicted molar refractivity (Wildman–Crippen MR) is 111 cm³/mol. The first-order chi connectivity index (χ1) is 15.0. The number of alkyl halides is 3. The molecule has 7 nitrogen and oxygen atoms in total. The van der Waals surface area contributed by atoms with Crippen molar-refractivity contribution < 1.29 is 21.6 Å². The molecule has 3 aromatic heterocycles. The van der Waals surface area contributed by atoms with Crippen molar-refractivity contribution in [2.45, 2.75) is 49.3 Å². The fraction of sp³-hybridized carbons (Fsp3) is 0.350. The van der Waals surface area contributed by atoms with E-state index in [2.05, 4.69) is 16.0 Å². The van der Waals surface area contributed by atoms with Crippen molar-refractivity contribution in [3.8, 4) is 17.5 Å². The summed E-state index contributed by atoms with van der Waals surface area (Å²) in [7, 11) is -4.44. The zero-order valence-corrected chi connectivity index (χ0v) is 18.3. The monoisotopic (exact) mass is 483 g/mol. The Hall–Kier alpha value is -2.68. The zero-order valence-electron chi connectivity index (χ0n) is 16.7. The van der Waals surface area contributed by atoms with Gasteiger partial charge in [0.25, 0.3) is 0 Å². The minimum atomic E-state index is -4.72. The molecule has 1 N–H and O–H groups in total. The van der Waals surface area contributed by atoms with Crippen molar-refractivity contribution >= 4 is 32.5 Å². The summed E-state index contributed by atoms with van der Waals surface area (Å²) in [6, 6.07) is 4.18. The van der Waals surface area contributed by atoms with Crippen LogP contribution >= 0.6 is 11.6 Å². The van der Waals surface area contributed by atoms with Crippen LogP contribution in [0, 0.1) is 11.3 Å². The van der Waals surface area contributed by atoms with E-state index in [1.165, 1.54) is 12.1 Å². The standard InChI is InChI=1S/C20H17ClF3N5O2S/c1-11(20(22,23)24)28-32(30,31)13-5-6-16(26-9-13)19-15(8-25)14-7-18(21)27-10-17(14)29(19)12-3-2-4-12/h5-7,9-12,28H,2-4H2,1H3/t11-/m1/s1. The Bertz CT molecular complexity index is 1330. The minimum absolute atomic E-state index is 0.122. The molecule has 0 aliphatic heterocycles. The molecular formula is C20H17ClF3N5O2S. The molecule has 3 aromatic rings. The maximum atomic E-state index is 12.8. The van der Waals surface area contributed by atoms with Crippen molar-refractivity contribution in [1.82, 2.24) is 19.3 Å². The van der Waals surface area contributed by atoms with E-state index in [0.717, 1.165) is 32.4 Å². The normalized spacial score (nSPS) is 16.0. The second-order valence-electron chi connectivity index (χ2n) is 7.58. The van der Waals surface area contributed by atoms with Gasteiger partial charge in [0.1, 0.15) is 22.2 Å². The van der Waals surface area contributed by atoms with Gasteiger partial charge in [-0.15, -0.1) is 0 Å². The molecule has 0 spiro atoms. The molecule has 12 heteroatoms. The van der Waals surface area contributed by atoms with Crippen LogP contribution in [-0.2, 0) is 10.0 Å². The number of sulfonamides is 1. The summed E-state index contributed by atoms with van der Waals surface area (Å²) in [6.45, 7) is 0.717. The lowest BCUT2D eigenvalue weighted by molar-refractivity contribution is -0.147. The Morgan fingerprint density at radius 2 is 2.00 bits per heavy atom. The van der Waals surface area contributed by atoms with Crippen LogP contribution in [0.25, 0.3) is 22.3 Å². The smallest absolute Gasteiger partial charge is 0.334 e. The number of fused-ring (bicyclic) bond motifs is 1. The average molecular weight is 484 g/mol. The Kier molecular flexibility index (Phi) is 5.65. The van der Waals surface area contributed by atoms with Gasteiger partial charge in [0.05, 0.1) is 28.7 Å². The van der Waals surface area contributed by atoms with Crippen LogP contribution in [0.1, 0.15) is 37.8 Å². The van der Waals surface area contributed by atoms with E-state index >= 15 is 0 Å². The lowest BCUT2D eigenvalue weighted by Crippen LogP contribution is -2.42. The first kappa shape index (κ1) is 22.5. The second-order valence-corrected chi connectivity index (χ2v) is 9.68. The van der Waals surface area contributed by atoms with Gasteiger partial charge in [-0.1, -0.05) is 11.6 Å². The SMILES string of the molecule is C[C@@H](NS(=O)(=O)c1ccc(-c2c(C#N)c3cc(Cl)ncc3n2C2CCC2)nc1)C(F)(F)F. The van der Waals surface area contributed by atoms with E-state index < -0.39 is 27.1 Å². The van der Waals surface area contributed by atoms with Crippen LogP contribution in [-0.4, -0.2) is 35.2 Å². The van der Waals surface area contributed by atoms with E-state index in [-0.39, 0.29) is 11.2 Å². The lowest BCUT2D eigenvalue weighted by atomic mass is 9.92. The van der Waals surface area contributed by atoms with E-state index in [0.29, 0.717) is 27.9 Å². The predicted octanol–water partition coefficient (Wildman–Crippen LogP) is 4.58. The number of nitrogens with one attached hydrogen (secondary N) is 1. The maximum absolute atomic E-state index is 12.8. The second kappa shape index (κ2) is 8.03. The largest absolute Gasteiger partial charge is 0.404 e. The average Bonchev–Trinajstić information content (AvgIpc) is 2.99.